The average molecular weight is 596 g/mol. The molecule has 14 heteroatoms. The van der Waals surface area contributed by atoms with Crippen molar-refractivity contribution in [1.82, 2.24) is 16.0 Å². The number of hydrogen-bond donors (Lipinski definition) is 5. The van der Waals surface area contributed by atoms with E-state index in [1.165, 1.54) is 0 Å². The Morgan fingerprint density at radius 3 is 2.00 bits per heavy atom. The van der Waals surface area contributed by atoms with E-state index >= 15 is 0 Å². The largest absolute Gasteiger partial charge is 0.365 e. The van der Waals surface area contributed by atoms with Crippen molar-refractivity contribution in [3.05, 3.63) is 112 Å². The van der Waals surface area contributed by atoms with Crippen LogP contribution in [0.5, 0.6) is 0 Å². The molecule has 0 bridgehead atoms. The summed E-state index contributed by atoms with van der Waals surface area (Å²) in [6, 6.07) is 24.0. The molecule has 13 nitrogen and oxygen atoms in total. The van der Waals surface area contributed by atoms with E-state index in [0.717, 1.165) is 17.4 Å². The van der Waals surface area contributed by atoms with Gasteiger partial charge in [-0.15, -0.1) is 0 Å². The Hall–Kier alpha value is -4.98. The van der Waals surface area contributed by atoms with Gasteiger partial charge in [-0.3, -0.25) is 14.3 Å². The zero-order valence-corrected chi connectivity index (χ0v) is 23.7. The molecule has 0 aliphatic heterocycles. The van der Waals surface area contributed by atoms with E-state index in [1.54, 1.807) is 24.3 Å². The molecular formula is C28H33N7O6S. The first kappa shape index (κ1) is 31.5. The highest BCUT2D eigenvalue weighted by molar-refractivity contribution is 7.92. The molecule has 0 heterocycles. The van der Waals surface area contributed by atoms with Crippen LogP contribution in [0.4, 0.5) is 5.69 Å². The number of sulfonamides is 1. The molecule has 0 radical (unpaired) electrons. The molecular weight excluding hydrogens is 562 g/mol. The van der Waals surface area contributed by atoms with Crippen molar-refractivity contribution >= 4 is 33.5 Å². The lowest BCUT2D eigenvalue weighted by Gasteiger charge is -2.23. The second-order valence-corrected chi connectivity index (χ2v) is 11.1. The van der Waals surface area contributed by atoms with Crippen LogP contribution in [0.3, 0.4) is 0 Å². The molecule has 1 atom stereocenters. The number of amides is 2. The second kappa shape index (κ2) is 15.1. The molecule has 2 amide bonds. The minimum atomic E-state index is -3.42. The number of carbonyl (C=O) groups excluding carboxylic acids is 2. The molecule has 3 aromatic rings. The lowest BCUT2D eigenvalue weighted by Crippen LogP contribution is -2.48. The van der Waals surface area contributed by atoms with Gasteiger partial charge in [-0.05, 0) is 41.7 Å². The number of guanidine groups is 1. The van der Waals surface area contributed by atoms with Crippen LogP contribution >= 0.6 is 0 Å². The summed E-state index contributed by atoms with van der Waals surface area (Å²) < 4.78 is 25.2. The van der Waals surface area contributed by atoms with Crippen LogP contribution in [-0.4, -0.2) is 50.1 Å². The minimum absolute atomic E-state index is 0.131. The van der Waals surface area contributed by atoms with Gasteiger partial charge < -0.3 is 21.7 Å². The van der Waals surface area contributed by atoms with Crippen LogP contribution < -0.4 is 26.4 Å². The van der Waals surface area contributed by atoms with Crippen molar-refractivity contribution < 1.29 is 23.0 Å². The quantitative estimate of drug-likeness (QED) is 0.0611. The number of benzene rings is 3. The maximum atomic E-state index is 13.7. The van der Waals surface area contributed by atoms with Crippen LogP contribution in [0.25, 0.3) is 0 Å². The Balaban J connectivity index is 1.74. The zero-order chi connectivity index (χ0) is 30.5. The standard InChI is InChI=1S/C28H33N7O6S/c1-42(40,41)34-23-16-14-20(15-17-23)19-31-26(36)24(13-8-18-30-28(29)33-35(38)39)32-27(37)25(21-9-4-2-5-10-21)22-11-6-3-7-12-22/h2-7,9-12,14-17,24-25,34H,8,13,18-19H2,1H3,(H,31,36)(H,32,37)(H3,29,30,33)/t24-/m0/s1. The van der Waals surface area contributed by atoms with Gasteiger partial charge in [0.1, 0.15) is 11.1 Å². The predicted molar refractivity (Wildman–Crippen MR) is 159 cm³/mol. The SMILES string of the molecule is CS(=O)(=O)Nc1ccc(CNC(=O)[C@H](CCCNC(N)=N[N+](=O)[O-])NC(=O)C(c2ccccc2)c2ccccc2)cc1. The molecule has 42 heavy (non-hydrogen) atoms. The van der Waals surface area contributed by atoms with Gasteiger partial charge in [0, 0.05) is 18.8 Å². The summed E-state index contributed by atoms with van der Waals surface area (Å²) in [6.07, 6.45) is 1.58. The number of hydrazone groups is 1. The highest BCUT2D eigenvalue weighted by atomic mass is 32.2. The topological polar surface area (TPSA) is 198 Å². The summed E-state index contributed by atoms with van der Waals surface area (Å²) in [4.78, 5) is 37.5. The van der Waals surface area contributed by atoms with Crippen LogP contribution in [0, 0.1) is 10.1 Å². The molecule has 0 aliphatic carbocycles. The normalized spacial score (nSPS) is 12.3. The highest BCUT2D eigenvalue weighted by Crippen LogP contribution is 2.25. The third-order valence-electron chi connectivity index (χ3n) is 6.05. The van der Waals surface area contributed by atoms with Gasteiger partial charge in [0.25, 0.3) is 5.96 Å². The summed E-state index contributed by atoms with van der Waals surface area (Å²) in [5.41, 5.74) is 8.08. The first-order valence-electron chi connectivity index (χ1n) is 13.0. The Bertz CT molecular complexity index is 1440. The number of nitrogens with two attached hydrogens (primary N) is 1. The van der Waals surface area contributed by atoms with E-state index in [-0.39, 0.29) is 31.4 Å². The molecule has 3 aromatic carbocycles. The number of anilines is 1. The van der Waals surface area contributed by atoms with Crippen LogP contribution in [0.2, 0.25) is 0 Å². The fourth-order valence-electron chi connectivity index (χ4n) is 4.17. The maximum Gasteiger partial charge on any atom is 0.266 e. The molecule has 222 valence electrons. The summed E-state index contributed by atoms with van der Waals surface area (Å²) in [5.74, 6) is -1.84. The van der Waals surface area contributed by atoms with Gasteiger partial charge in [-0.25, -0.2) is 18.5 Å². The van der Waals surface area contributed by atoms with Crippen LogP contribution in [0.1, 0.15) is 35.4 Å². The number of nitrogens with one attached hydrogen (secondary N) is 4. The van der Waals surface area contributed by atoms with E-state index in [0.29, 0.717) is 17.7 Å². The lowest BCUT2D eigenvalue weighted by atomic mass is 9.90. The van der Waals surface area contributed by atoms with Crippen molar-refractivity contribution in [3.8, 4) is 0 Å². The monoisotopic (exact) mass is 595 g/mol. The third-order valence-corrected chi connectivity index (χ3v) is 6.66. The zero-order valence-electron chi connectivity index (χ0n) is 22.9. The molecule has 0 saturated carbocycles. The Morgan fingerprint density at radius 2 is 1.48 bits per heavy atom. The van der Waals surface area contributed by atoms with E-state index in [4.69, 9.17) is 5.73 Å². The smallest absolute Gasteiger partial charge is 0.266 e. The van der Waals surface area contributed by atoms with Crippen LogP contribution in [-0.2, 0) is 26.2 Å². The van der Waals surface area contributed by atoms with Gasteiger partial charge >= 0.3 is 0 Å². The van der Waals surface area contributed by atoms with Crippen LogP contribution in [0.15, 0.2) is 90.0 Å². The van der Waals surface area contributed by atoms with Crippen molar-refractivity contribution in [2.75, 3.05) is 17.5 Å². The molecule has 0 spiro atoms. The first-order valence-corrected chi connectivity index (χ1v) is 14.9. The number of nitrogens with zero attached hydrogens (tertiary/aromatic N) is 2. The molecule has 0 fully saturated rings. The number of nitro groups is 1. The summed E-state index contributed by atoms with van der Waals surface area (Å²) in [5, 5.41) is 20.9. The van der Waals surface area contributed by atoms with Gasteiger partial charge in [-0.1, -0.05) is 72.8 Å². The third kappa shape index (κ3) is 10.5. The number of rotatable bonds is 14. The molecule has 0 aliphatic rings. The molecule has 0 saturated heterocycles. The van der Waals surface area contributed by atoms with Gasteiger partial charge in [0.15, 0.2) is 5.03 Å². The summed E-state index contributed by atoms with van der Waals surface area (Å²) in [6.45, 7) is 0.310. The lowest BCUT2D eigenvalue weighted by molar-refractivity contribution is -0.485. The molecule has 3 rings (SSSR count). The minimum Gasteiger partial charge on any atom is -0.365 e. The van der Waals surface area contributed by atoms with Gasteiger partial charge in [-0.2, -0.15) is 0 Å². The van der Waals surface area contributed by atoms with E-state index in [1.807, 2.05) is 60.7 Å². The Morgan fingerprint density at radius 1 is 0.905 bits per heavy atom. The van der Waals surface area contributed by atoms with E-state index in [2.05, 4.69) is 25.8 Å². The summed E-state index contributed by atoms with van der Waals surface area (Å²) >= 11 is 0. The Labute approximate surface area is 243 Å². The van der Waals surface area contributed by atoms with E-state index < -0.39 is 32.9 Å². The van der Waals surface area contributed by atoms with Crippen molar-refractivity contribution in [2.45, 2.75) is 31.3 Å². The van der Waals surface area contributed by atoms with E-state index in [9.17, 15) is 28.1 Å². The van der Waals surface area contributed by atoms with Crippen molar-refractivity contribution in [1.29, 1.82) is 0 Å². The maximum absolute atomic E-state index is 13.7. The number of carbonyl (C=O) groups is 2. The fraction of sp³-hybridized carbons (Fsp3) is 0.250. The average Bonchev–Trinajstić information content (AvgIpc) is 2.94. The first-order chi connectivity index (χ1) is 20.0. The van der Waals surface area contributed by atoms with Crippen molar-refractivity contribution in [3.63, 3.8) is 0 Å². The molecule has 0 unspecified atom stereocenters. The number of hydrogen-bond acceptors (Lipinski definition) is 6. The highest BCUT2D eigenvalue weighted by Gasteiger charge is 2.27. The Kier molecular flexibility index (Phi) is 11.4. The van der Waals surface area contributed by atoms with Gasteiger partial charge in [0.2, 0.25) is 21.8 Å². The predicted octanol–water partition coefficient (Wildman–Crippen LogP) is 1.87. The second-order valence-electron chi connectivity index (χ2n) is 9.40. The fourth-order valence-corrected chi connectivity index (χ4v) is 4.74. The van der Waals surface area contributed by atoms with Crippen molar-refractivity contribution in [2.24, 2.45) is 10.8 Å². The molecule has 0 aromatic heterocycles. The molecule has 6 N–H and O–H groups in total. The van der Waals surface area contributed by atoms with Gasteiger partial charge in [0.05, 0.1) is 12.2 Å². The summed E-state index contributed by atoms with van der Waals surface area (Å²) in [7, 11) is -3.42.